The van der Waals surface area contributed by atoms with Gasteiger partial charge in [-0.3, -0.25) is 0 Å². The first kappa shape index (κ1) is 14.4. The molecule has 0 amide bonds. The minimum absolute atomic E-state index is 0.593. The second kappa shape index (κ2) is 8.96. The van der Waals surface area contributed by atoms with Crippen molar-refractivity contribution >= 4 is 0 Å². The maximum absolute atomic E-state index is 6.25. The van der Waals surface area contributed by atoms with E-state index in [4.69, 9.17) is 4.74 Å². The highest BCUT2D eigenvalue weighted by molar-refractivity contribution is 4.67. The first-order chi connectivity index (χ1) is 8.95. The normalized spacial score (nSPS) is 26.0. The summed E-state index contributed by atoms with van der Waals surface area (Å²) in [6.07, 6.45) is 20.5. The molecule has 2 aliphatic rings. The van der Waals surface area contributed by atoms with E-state index in [-0.39, 0.29) is 0 Å². The predicted molar refractivity (Wildman–Crippen MR) is 77.9 cm³/mol. The summed E-state index contributed by atoms with van der Waals surface area (Å²) in [5, 5.41) is 0. The van der Waals surface area contributed by atoms with Crippen LogP contribution in [-0.2, 0) is 4.74 Å². The van der Waals surface area contributed by atoms with E-state index < -0.39 is 0 Å². The summed E-state index contributed by atoms with van der Waals surface area (Å²) in [5.74, 6) is 0.871. The Labute approximate surface area is 114 Å². The third kappa shape index (κ3) is 5.73. The van der Waals surface area contributed by atoms with E-state index >= 15 is 0 Å². The highest BCUT2D eigenvalue weighted by Crippen LogP contribution is 2.25. The average molecular weight is 252 g/mol. The maximum Gasteiger partial charge on any atom is 0.0575 e. The molecule has 0 unspecified atom stereocenters. The molecule has 18 heavy (non-hydrogen) atoms. The molecular formula is C17H32O. The molecule has 0 N–H and O–H groups in total. The fraction of sp³-hybridized carbons (Fsp3) is 1.00. The minimum Gasteiger partial charge on any atom is -0.378 e. The lowest BCUT2D eigenvalue weighted by Gasteiger charge is -2.25. The van der Waals surface area contributed by atoms with Gasteiger partial charge in [-0.1, -0.05) is 64.2 Å². The Morgan fingerprint density at radius 1 is 0.556 bits per heavy atom. The number of rotatable bonds is 3. The van der Waals surface area contributed by atoms with Crippen LogP contribution in [0.1, 0.15) is 89.9 Å². The van der Waals surface area contributed by atoms with Crippen LogP contribution < -0.4 is 0 Å². The highest BCUT2D eigenvalue weighted by Gasteiger charge is 2.16. The standard InChI is InChI=1S/C17H32O/c1-3-7-11-16(12-8-4-1)15-18-17-13-9-5-2-6-10-14-17/h16-17H,1-15H2. The van der Waals surface area contributed by atoms with Gasteiger partial charge in [-0.15, -0.1) is 0 Å². The summed E-state index contributed by atoms with van der Waals surface area (Å²) < 4.78 is 6.25. The van der Waals surface area contributed by atoms with E-state index in [2.05, 4.69) is 0 Å². The van der Waals surface area contributed by atoms with Crippen LogP contribution in [0.5, 0.6) is 0 Å². The van der Waals surface area contributed by atoms with Gasteiger partial charge in [0.25, 0.3) is 0 Å². The van der Waals surface area contributed by atoms with E-state index in [1.807, 2.05) is 0 Å². The molecule has 0 aromatic carbocycles. The van der Waals surface area contributed by atoms with Crippen LogP contribution in [0.25, 0.3) is 0 Å². The van der Waals surface area contributed by atoms with Crippen molar-refractivity contribution < 1.29 is 4.74 Å². The summed E-state index contributed by atoms with van der Waals surface area (Å²) >= 11 is 0. The Morgan fingerprint density at radius 3 is 1.56 bits per heavy atom. The zero-order valence-electron chi connectivity index (χ0n) is 12.2. The van der Waals surface area contributed by atoms with Crippen LogP contribution in [0.15, 0.2) is 0 Å². The minimum atomic E-state index is 0.593. The van der Waals surface area contributed by atoms with E-state index in [1.165, 1.54) is 89.9 Å². The van der Waals surface area contributed by atoms with E-state index in [1.54, 1.807) is 0 Å². The van der Waals surface area contributed by atoms with Gasteiger partial charge in [0.1, 0.15) is 0 Å². The monoisotopic (exact) mass is 252 g/mol. The lowest BCUT2D eigenvalue weighted by atomic mass is 9.91. The molecule has 0 radical (unpaired) electrons. The van der Waals surface area contributed by atoms with Gasteiger partial charge in [0.2, 0.25) is 0 Å². The van der Waals surface area contributed by atoms with Crippen LogP contribution in [0.3, 0.4) is 0 Å². The molecule has 0 heterocycles. The summed E-state index contributed by atoms with van der Waals surface area (Å²) in [7, 11) is 0. The number of hydrogen-bond acceptors (Lipinski definition) is 1. The lowest BCUT2D eigenvalue weighted by molar-refractivity contribution is 0.00904. The van der Waals surface area contributed by atoms with Crippen molar-refractivity contribution in [1.29, 1.82) is 0 Å². The Hall–Kier alpha value is -0.0400. The van der Waals surface area contributed by atoms with E-state index in [0.717, 1.165) is 12.5 Å². The topological polar surface area (TPSA) is 9.23 Å². The molecule has 0 saturated heterocycles. The molecule has 0 spiro atoms. The zero-order chi connectivity index (χ0) is 12.5. The molecule has 2 saturated carbocycles. The second-order valence-electron chi connectivity index (χ2n) is 6.51. The van der Waals surface area contributed by atoms with Crippen LogP contribution in [0.2, 0.25) is 0 Å². The van der Waals surface area contributed by atoms with Crippen molar-refractivity contribution in [3.05, 3.63) is 0 Å². The van der Waals surface area contributed by atoms with Crippen LogP contribution in [0, 0.1) is 5.92 Å². The van der Waals surface area contributed by atoms with Gasteiger partial charge in [-0.25, -0.2) is 0 Å². The van der Waals surface area contributed by atoms with Gasteiger partial charge in [0.15, 0.2) is 0 Å². The molecule has 2 aliphatic carbocycles. The maximum atomic E-state index is 6.25. The third-order valence-electron chi connectivity index (χ3n) is 4.84. The van der Waals surface area contributed by atoms with E-state index in [0.29, 0.717) is 6.10 Å². The Morgan fingerprint density at radius 2 is 1.00 bits per heavy atom. The molecule has 0 atom stereocenters. The summed E-state index contributed by atoms with van der Waals surface area (Å²) in [5.41, 5.74) is 0. The van der Waals surface area contributed by atoms with Crippen molar-refractivity contribution in [2.45, 2.75) is 96.0 Å². The molecular weight excluding hydrogens is 220 g/mol. The number of hydrogen-bond donors (Lipinski definition) is 0. The largest absolute Gasteiger partial charge is 0.378 e. The van der Waals surface area contributed by atoms with Crippen LogP contribution in [0.4, 0.5) is 0 Å². The van der Waals surface area contributed by atoms with Crippen LogP contribution >= 0.6 is 0 Å². The molecule has 1 heteroatoms. The van der Waals surface area contributed by atoms with Crippen molar-refractivity contribution in [2.24, 2.45) is 5.92 Å². The molecule has 0 aromatic heterocycles. The van der Waals surface area contributed by atoms with Gasteiger partial charge in [0, 0.05) is 6.61 Å². The Bertz CT molecular complexity index is 164. The van der Waals surface area contributed by atoms with Crippen molar-refractivity contribution in [2.75, 3.05) is 6.61 Å². The first-order valence-electron chi connectivity index (χ1n) is 8.57. The average Bonchev–Trinajstić information content (AvgIpc) is 2.29. The lowest BCUT2D eigenvalue weighted by Crippen LogP contribution is -2.20. The summed E-state index contributed by atoms with van der Waals surface area (Å²) in [4.78, 5) is 0. The SMILES string of the molecule is C1CCCC(COC2CCCCCCC2)CCC1. The van der Waals surface area contributed by atoms with Crippen molar-refractivity contribution in [3.8, 4) is 0 Å². The zero-order valence-corrected chi connectivity index (χ0v) is 12.2. The molecule has 106 valence electrons. The summed E-state index contributed by atoms with van der Waals surface area (Å²) in [6, 6.07) is 0. The molecule has 0 bridgehead atoms. The van der Waals surface area contributed by atoms with Gasteiger partial charge < -0.3 is 4.74 Å². The second-order valence-corrected chi connectivity index (χ2v) is 6.51. The van der Waals surface area contributed by atoms with Gasteiger partial charge in [-0.2, -0.15) is 0 Å². The predicted octanol–water partition coefficient (Wildman–Crippen LogP) is 5.48. The highest BCUT2D eigenvalue weighted by atomic mass is 16.5. The van der Waals surface area contributed by atoms with E-state index in [9.17, 15) is 0 Å². The van der Waals surface area contributed by atoms with Gasteiger partial charge in [0.05, 0.1) is 6.10 Å². The first-order valence-corrected chi connectivity index (χ1v) is 8.57. The quantitative estimate of drug-likeness (QED) is 0.646. The summed E-state index contributed by atoms with van der Waals surface area (Å²) in [6.45, 7) is 1.06. The Balaban J connectivity index is 1.64. The van der Waals surface area contributed by atoms with Gasteiger partial charge in [-0.05, 0) is 31.6 Å². The fourth-order valence-corrected chi connectivity index (χ4v) is 3.56. The third-order valence-corrected chi connectivity index (χ3v) is 4.84. The fourth-order valence-electron chi connectivity index (χ4n) is 3.56. The number of ether oxygens (including phenoxy) is 1. The van der Waals surface area contributed by atoms with Gasteiger partial charge >= 0.3 is 0 Å². The molecule has 2 rings (SSSR count). The van der Waals surface area contributed by atoms with Crippen molar-refractivity contribution in [1.82, 2.24) is 0 Å². The Kier molecular flexibility index (Phi) is 7.15. The smallest absolute Gasteiger partial charge is 0.0575 e. The van der Waals surface area contributed by atoms with Crippen molar-refractivity contribution in [3.63, 3.8) is 0 Å². The molecule has 0 aliphatic heterocycles. The van der Waals surface area contributed by atoms with Crippen LogP contribution in [-0.4, -0.2) is 12.7 Å². The molecule has 1 nitrogen and oxygen atoms in total. The molecule has 2 fully saturated rings. The molecule has 0 aromatic rings.